The summed E-state index contributed by atoms with van der Waals surface area (Å²) in [7, 11) is 0. The fraction of sp³-hybridized carbons (Fsp3) is 0.267. The Morgan fingerprint density at radius 1 is 1.25 bits per heavy atom. The molecule has 1 aromatic heterocycles. The SMILES string of the molecule is Cc1ccc2nc(C)c(C3CC(=O)N(O)C3=O)cc2c1. The van der Waals surface area contributed by atoms with E-state index in [0.29, 0.717) is 11.3 Å². The average Bonchev–Trinajstić information content (AvgIpc) is 2.66. The summed E-state index contributed by atoms with van der Waals surface area (Å²) in [5.41, 5.74) is 3.38. The van der Waals surface area contributed by atoms with Crippen LogP contribution < -0.4 is 0 Å². The number of nitrogens with zero attached hydrogens (tertiary/aromatic N) is 2. The number of hydrogen-bond donors (Lipinski definition) is 1. The summed E-state index contributed by atoms with van der Waals surface area (Å²) in [5, 5.41) is 10.5. The molecule has 1 unspecified atom stereocenters. The molecular formula is C15H14N2O3. The summed E-state index contributed by atoms with van der Waals surface area (Å²) in [5.74, 6) is -1.78. The molecule has 0 saturated carbocycles. The monoisotopic (exact) mass is 270 g/mol. The molecule has 0 spiro atoms. The van der Waals surface area contributed by atoms with E-state index in [-0.39, 0.29) is 11.5 Å². The minimum atomic E-state index is -0.634. The molecule has 0 bridgehead atoms. The lowest BCUT2D eigenvalue weighted by Crippen LogP contribution is -2.26. The standard InChI is InChI=1S/C15H14N2O3/c1-8-3-4-13-10(5-8)6-11(9(2)16-13)12-7-14(18)17(20)15(12)19/h3-6,12,20H,7H2,1-2H3. The Labute approximate surface area is 115 Å². The van der Waals surface area contributed by atoms with Crippen LogP contribution in [-0.4, -0.2) is 27.1 Å². The third-order valence-electron chi connectivity index (χ3n) is 3.70. The zero-order valence-electron chi connectivity index (χ0n) is 11.3. The van der Waals surface area contributed by atoms with E-state index < -0.39 is 17.7 Å². The molecule has 2 aromatic rings. The molecule has 1 aliphatic rings. The number of aromatic nitrogens is 1. The van der Waals surface area contributed by atoms with Crippen molar-refractivity contribution in [1.82, 2.24) is 10.0 Å². The second kappa shape index (κ2) is 4.38. The predicted octanol–water partition coefficient (Wildman–Crippen LogP) is 2.08. The molecule has 102 valence electrons. The smallest absolute Gasteiger partial charge is 0.261 e. The molecule has 1 fully saturated rings. The maximum Gasteiger partial charge on any atom is 0.261 e. The van der Waals surface area contributed by atoms with Crippen molar-refractivity contribution in [2.75, 3.05) is 0 Å². The molecule has 3 rings (SSSR count). The third-order valence-corrected chi connectivity index (χ3v) is 3.70. The molecule has 0 radical (unpaired) electrons. The lowest BCUT2D eigenvalue weighted by Gasteiger charge is -2.12. The van der Waals surface area contributed by atoms with Crippen molar-refractivity contribution in [2.45, 2.75) is 26.2 Å². The van der Waals surface area contributed by atoms with Crippen LogP contribution in [-0.2, 0) is 9.59 Å². The Kier molecular flexibility index (Phi) is 2.79. The van der Waals surface area contributed by atoms with Crippen LogP contribution in [0, 0.1) is 13.8 Å². The van der Waals surface area contributed by atoms with Crippen LogP contribution in [0.5, 0.6) is 0 Å². The molecule has 1 N–H and O–H groups in total. The molecule has 20 heavy (non-hydrogen) atoms. The van der Waals surface area contributed by atoms with Crippen molar-refractivity contribution in [3.63, 3.8) is 0 Å². The molecule has 5 heteroatoms. The summed E-state index contributed by atoms with van der Waals surface area (Å²) in [4.78, 5) is 27.8. The van der Waals surface area contributed by atoms with Crippen LogP contribution >= 0.6 is 0 Å². The maximum absolute atomic E-state index is 11.9. The van der Waals surface area contributed by atoms with Crippen molar-refractivity contribution < 1.29 is 14.8 Å². The highest BCUT2D eigenvalue weighted by atomic mass is 16.5. The van der Waals surface area contributed by atoms with Crippen molar-refractivity contribution in [2.24, 2.45) is 0 Å². The van der Waals surface area contributed by atoms with Gasteiger partial charge in [0.1, 0.15) is 0 Å². The van der Waals surface area contributed by atoms with E-state index in [2.05, 4.69) is 4.98 Å². The molecule has 1 aromatic carbocycles. The summed E-state index contributed by atoms with van der Waals surface area (Å²) in [6.45, 7) is 3.80. The van der Waals surface area contributed by atoms with Gasteiger partial charge in [-0.05, 0) is 37.6 Å². The van der Waals surface area contributed by atoms with E-state index in [1.54, 1.807) is 0 Å². The van der Waals surface area contributed by atoms with Gasteiger partial charge in [0.15, 0.2) is 0 Å². The third kappa shape index (κ3) is 1.87. The van der Waals surface area contributed by atoms with E-state index in [1.165, 1.54) is 0 Å². The highest BCUT2D eigenvalue weighted by Crippen LogP contribution is 2.32. The lowest BCUT2D eigenvalue weighted by molar-refractivity contribution is -0.171. The Balaban J connectivity index is 2.14. The first-order valence-electron chi connectivity index (χ1n) is 6.41. The Morgan fingerprint density at radius 3 is 2.65 bits per heavy atom. The number of aryl methyl sites for hydroxylation is 2. The van der Waals surface area contributed by atoms with Crippen LogP contribution in [0.1, 0.15) is 29.2 Å². The summed E-state index contributed by atoms with van der Waals surface area (Å²) >= 11 is 0. The van der Waals surface area contributed by atoms with E-state index >= 15 is 0 Å². The molecule has 0 aliphatic carbocycles. The normalized spacial score (nSPS) is 19.1. The minimum Gasteiger partial charge on any atom is -0.278 e. The predicted molar refractivity (Wildman–Crippen MR) is 72.2 cm³/mol. The van der Waals surface area contributed by atoms with Crippen LogP contribution in [0.3, 0.4) is 0 Å². The van der Waals surface area contributed by atoms with Gasteiger partial charge in [-0.3, -0.25) is 19.8 Å². The number of carbonyl (C=O) groups is 2. The first kappa shape index (κ1) is 12.7. The van der Waals surface area contributed by atoms with Gasteiger partial charge in [-0.2, -0.15) is 5.06 Å². The van der Waals surface area contributed by atoms with Gasteiger partial charge in [-0.1, -0.05) is 11.6 Å². The molecule has 1 atom stereocenters. The fourth-order valence-corrected chi connectivity index (χ4v) is 2.62. The summed E-state index contributed by atoms with van der Waals surface area (Å²) in [6, 6.07) is 7.79. The van der Waals surface area contributed by atoms with Crippen LogP contribution in [0.2, 0.25) is 0 Å². The molecule has 2 heterocycles. The Bertz CT molecular complexity index is 739. The van der Waals surface area contributed by atoms with Gasteiger partial charge in [-0.15, -0.1) is 0 Å². The first-order valence-corrected chi connectivity index (χ1v) is 6.41. The zero-order chi connectivity index (χ0) is 14.4. The number of fused-ring (bicyclic) bond motifs is 1. The van der Waals surface area contributed by atoms with Crippen molar-refractivity contribution in [3.8, 4) is 0 Å². The number of amides is 2. The van der Waals surface area contributed by atoms with Gasteiger partial charge in [0, 0.05) is 17.5 Å². The highest BCUT2D eigenvalue weighted by molar-refractivity contribution is 6.05. The second-order valence-electron chi connectivity index (χ2n) is 5.16. The number of rotatable bonds is 1. The molecule has 1 aliphatic heterocycles. The largest absolute Gasteiger partial charge is 0.278 e. The van der Waals surface area contributed by atoms with E-state index in [4.69, 9.17) is 0 Å². The lowest BCUT2D eigenvalue weighted by atomic mass is 9.94. The average molecular weight is 270 g/mol. The van der Waals surface area contributed by atoms with Gasteiger partial charge < -0.3 is 0 Å². The molecular weight excluding hydrogens is 256 g/mol. The van der Waals surface area contributed by atoms with Crippen molar-refractivity contribution >= 4 is 22.7 Å². The molecule has 2 amide bonds. The maximum atomic E-state index is 11.9. The topological polar surface area (TPSA) is 70.5 Å². The number of pyridine rings is 1. The van der Waals surface area contributed by atoms with Crippen LogP contribution in [0.15, 0.2) is 24.3 Å². The van der Waals surface area contributed by atoms with Crippen LogP contribution in [0.4, 0.5) is 0 Å². The number of hydroxylamine groups is 2. The Hall–Kier alpha value is -2.27. The Morgan fingerprint density at radius 2 is 2.00 bits per heavy atom. The van der Waals surface area contributed by atoms with E-state index in [9.17, 15) is 14.8 Å². The van der Waals surface area contributed by atoms with E-state index in [0.717, 1.165) is 16.5 Å². The van der Waals surface area contributed by atoms with Gasteiger partial charge >= 0.3 is 0 Å². The summed E-state index contributed by atoms with van der Waals surface area (Å²) < 4.78 is 0. The van der Waals surface area contributed by atoms with Gasteiger partial charge in [0.05, 0.1) is 11.4 Å². The van der Waals surface area contributed by atoms with Crippen LogP contribution in [0.25, 0.3) is 10.9 Å². The number of benzene rings is 1. The van der Waals surface area contributed by atoms with Gasteiger partial charge in [0.2, 0.25) is 0 Å². The number of imide groups is 1. The summed E-state index contributed by atoms with van der Waals surface area (Å²) in [6.07, 6.45) is -0.00479. The number of carbonyl (C=O) groups excluding carboxylic acids is 2. The minimum absolute atomic E-state index is 0.00479. The fourth-order valence-electron chi connectivity index (χ4n) is 2.62. The van der Waals surface area contributed by atoms with Crippen molar-refractivity contribution in [3.05, 3.63) is 41.1 Å². The zero-order valence-corrected chi connectivity index (χ0v) is 11.3. The highest BCUT2D eigenvalue weighted by Gasteiger charge is 2.40. The second-order valence-corrected chi connectivity index (χ2v) is 5.16. The van der Waals surface area contributed by atoms with E-state index in [1.807, 2.05) is 38.1 Å². The van der Waals surface area contributed by atoms with Gasteiger partial charge in [0.25, 0.3) is 11.8 Å². The van der Waals surface area contributed by atoms with Gasteiger partial charge in [-0.25, -0.2) is 0 Å². The molecule has 5 nitrogen and oxygen atoms in total. The van der Waals surface area contributed by atoms with Crippen molar-refractivity contribution in [1.29, 1.82) is 0 Å². The quantitative estimate of drug-likeness (QED) is 0.636. The molecule has 1 saturated heterocycles. The number of hydrogen-bond acceptors (Lipinski definition) is 4. The first-order chi connectivity index (χ1) is 9.47.